The molecule has 0 aromatic carbocycles. The smallest absolute Gasteiger partial charge is 0.0412 e. The van der Waals surface area contributed by atoms with E-state index in [9.17, 15) is 0 Å². The number of hydrogen-bond acceptors (Lipinski definition) is 0. The molecule has 2 heteroatoms. The molecule has 45 valence electrons. The van der Waals surface area contributed by atoms with Crippen LogP contribution >= 0.6 is 0 Å². The summed E-state index contributed by atoms with van der Waals surface area (Å²) in [6, 6.07) is 1.48. The molecule has 0 aliphatic rings. The number of rotatable bonds is 2. The summed E-state index contributed by atoms with van der Waals surface area (Å²) in [6.45, 7) is 6.96. The van der Waals surface area contributed by atoms with Gasteiger partial charge in [0.1, 0.15) is 0 Å². The Morgan fingerprint density at radius 2 is 1.71 bits per heavy atom. The van der Waals surface area contributed by atoms with E-state index < -0.39 is 0 Å². The minimum absolute atomic E-state index is 0. The van der Waals surface area contributed by atoms with Crippen LogP contribution in [0.25, 0.3) is 0 Å². The van der Waals surface area contributed by atoms with Gasteiger partial charge in [0.2, 0.25) is 0 Å². The quantitative estimate of drug-likeness (QED) is 0.602. The summed E-state index contributed by atoms with van der Waals surface area (Å²) in [5, 5.41) is 0. The van der Waals surface area contributed by atoms with Gasteiger partial charge in [-0.3, -0.25) is 0 Å². The second-order valence-corrected chi connectivity index (χ2v) is 4.87. The molecule has 0 aromatic heterocycles. The summed E-state index contributed by atoms with van der Waals surface area (Å²) in [7, 11) is 0.114. The van der Waals surface area contributed by atoms with Crippen LogP contribution in [0.4, 0.5) is 0 Å². The van der Waals surface area contributed by atoms with Gasteiger partial charge in [-0.05, 0) is 0 Å². The van der Waals surface area contributed by atoms with Crippen LogP contribution in [-0.2, 0) is 19.5 Å². The van der Waals surface area contributed by atoms with Crippen molar-refractivity contribution in [2.24, 2.45) is 0 Å². The first-order valence-electron chi connectivity index (χ1n) is 2.56. The van der Waals surface area contributed by atoms with E-state index in [0.717, 1.165) is 0 Å². The molecule has 0 nitrogen and oxygen atoms in total. The topological polar surface area (TPSA) is 0 Å². The minimum atomic E-state index is 0. The third-order valence-corrected chi connectivity index (χ3v) is 2.25. The standard InChI is InChI=1S/C5H13Si.Ru/c1-4-5-6(2)3;/h4-5H2,1-3H3;. The Morgan fingerprint density at radius 3 is 1.71 bits per heavy atom. The molecule has 0 aliphatic heterocycles. The second kappa shape index (κ2) is 6.84. The maximum absolute atomic E-state index is 2.36. The van der Waals surface area contributed by atoms with Gasteiger partial charge < -0.3 is 0 Å². The van der Waals surface area contributed by atoms with Crippen LogP contribution in [0.2, 0.25) is 19.1 Å². The molecule has 0 aliphatic carbocycles. The van der Waals surface area contributed by atoms with Gasteiger partial charge >= 0.3 is 0 Å². The SMILES string of the molecule is CCC[Si](C)C.[Ru]. The van der Waals surface area contributed by atoms with Gasteiger partial charge in [0.05, 0.1) is 0 Å². The van der Waals surface area contributed by atoms with E-state index in [1.807, 2.05) is 0 Å². The van der Waals surface area contributed by atoms with Gasteiger partial charge in [-0.2, -0.15) is 0 Å². The fourth-order valence-corrected chi connectivity index (χ4v) is 1.50. The first-order valence-corrected chi connectivity index (χ1v) is 5.27. The maximum atomic E-state index is 2.36. The van der Waals surface area contributed by atoms with Crippen LogP contribution in [0.15, 0.2) is 0 Å². The Morgan fingerprint density at radius 1 is 1.29 bits per heavy atom. The molecule has 0 unspecified atom stereocenters. The maximum Gasteiger partial charge on any atom is 0.0412 e. The normalized spacial score (nSPS) is 8.57. The zero-order chi connectivity index (χ0) is 4.99. The largest absolute Gasteiger partial charge is 0.0713 e. The van der Waals surface area contributed by atoms with Crippen LogP contribution in [-0.4, -0.2) is 8.80 Å². The monoisotopic (exact) mass is 203 g/mol. The molecule has 0 aromatic rings. The van der Waals surface area contributed by atoms with E-state index >= 15 is 0 Å². The van der Waals surface area contributed by atoms with Crippen molar-refractivity contribution in [3.8, 4) is 0 Å². The van der Waals surface area contributed by atoms with Gasteiger partial charge in [-0.1, -0.05) is 32.5 Å². The van der Waals surface area contributed by atoms with E-state index in [4.69, 9.17) is 0 Å². The van der Waals surface area contributed by atoms with Crippen LogP contribution < -0.4 is 0 Å². The van der Waals surface area contributed by atoms with Crippen molar-refractivity contribution < 1.29 is 19.5 Å². The van der Waals surface area contributed by atoms with E-state index in [1.165, 1.54) is 12.5 Å². The average molecular weight is 202 g/mol. The van der Waals surface area contributed by atoms with E-state index in [0.29, 0.717) is 0 Å². The Balaban J connectivity index is 0. The Hall–Kier alpha value is 0.840. The summed E-state index contributed by atoms with van der Waals surface area (Å²) >= 11 is 0. The molecule has 0 spiro atoms. The Kier molecular flexibility index (Phi) is 10.5. The van der Waals surface area contributed by atoms with Crippen LogP contribution in [0.3, 0.4) is 0 Å². The van der Waals surface area contributed by atoms with Gasteiger partial charge in [0.25, 0.3) is 0 Å². The zero-order valence-electron chi connectivity index (χ0n) is 5.27. The first-order chi connectivity index (χ1) is 2.77. The summed E-state index contributed by atoms with van der Waals surface area (Å²) in [4.78, 5) is 0. The molecule has 0 atom stereocenters. The first kappa shape index (κ1) is 10.8. The fourth-order valence-electron chi connectivity index (χ4n) is 0.500. The molecule has 0 rings (SSSR count). The van der Waals surface area contributed by atoms with Crippen molar-refractivity contribution in [3.05, 3.63) is 0 Å². The van der Waals surface area contributed by atoms with Crippen LogP contribution in [0, 0.1) is 0 Å². The van der Waals surface area contributed by atoms with Gasteiger partial charge in [-0.15, -0.1) is 0 Å². The summed E-state index contributed by atoms with van der Waals surface area (Å²) in [5.74, 6) is 0. The van der Waals surface area contributed by atoms with E-state index in [1.54, 1.807) is 0 Å². The van der Waals surface area contributed by atoms with Gasteiger partial charge in [-0.25, -0.2) is 0 Å². The summed E-state index contributed by atoms with van der Waals surface area (Å²) in [6.07, 6.45) is 1.38. The zero-order valence-corrected chi connectivity index (χ0v) is 8.01. The van der Waals surface area contributed by atoms with E-state index in [-0.39, 0.29) is 28.3 Å². The van der Waals surface area contributed by atoms with Crippen molar-refractivity contribution in [1.82, 2.24) is 0 Å². The van der Waals surface area contributed by atoms with E-state index in [2.05, 4.69) is 20.0 Å². The molecule has 0 saturated heterocycles. The molecule has 0 saturated carbocycles. The molecule has 0 amide bonds. The third kappa shape index (κ3) is 10.9. The van der Waals surface area contributed by atoms with Crippen molar-refractivity contribution in [2.75, 3.05) is 0 Å². The molecule has 0 heterocycles. The molecule has 0 N–H and O–H groups in total. The van der Waals surface area contributed by atoms with Crippen LogP contribution in [0.5, 0.6) is 0 Å². The van der Waals surface area contributed by atoms with Crippen molar-refractivity contribution in [1.29, 1.82) is 0 Å². The predicted octanol–water partition coefficient (Wildman–Crippen LogP) is 2.15. The third-order valence-electron chi connectivity index (χ3n) is 0.750. The summed E-state index contributed by atoms with van der Waals surface area (Å²) < 4.78 is 0. The molecule has 7 heavy (non-hydrogen) atoms. The van der Waals surface area contributed by atoms with Crippen molar-refractivity contribution in [2.45, 2.75) is 32.5 Å². The Bertz CT molecular complexity index is 29.3. The Labute approximate surface area is 61.1 Å². The predicted molar refractivity (Wildman–Crippen MR) is 32.6 cm³/mol. The molecular formula is C5H13RuSi. The summed E-state index contributed by atoms with van der Waals surface area (Å²) in [5.41, 5.74) is 0. The molecule has 0 bridgehead atoms. The van der Waals surface area contributed by atoms with Gasteiger partial charge in [0, 0.05) is 28.3 Å². The number of hydrogen-bond donors (Lipinski definition) is 0. The molecule has 1 radical (unpaired) electrons. The second-order valence-electron chi connectivity index (χ2n) is 1.96. The molecule has 0 fully saturated rings. The fraction of sp³-hybridized carbons (Fsp3) is 1.00. The average Bonchev–Trinajstić information content (AvgIpc) is 1.35. The van der Waals surface area contributed by atoms with Crippen LogP contribution in [0.1, 0.15) is 13.3 Å². The van der Waals surface area contributed by atoms with Crippen molar-refractivity contribution in [3.63, 3.8) is 0 Å². The molecular weight excluding hydrogens is 189 g/mol. The van der Waals surface area contributed by atoms with Crippen molar-refractivity contribution >= 4 is 8.80 Å². The van der Waals surface area contributed by atoms with Gasteiger partial charge in [0.15, 0.2) is 0 Å². The minimum Gasteiger partial charge on any atom is -0.0713 e.